The van der Waals surface area contributed by atoms with Crippen LogP contribution >= 0.6 is 7.37 Å². The molecule has 5 heteroatoms. The molecule has 13 heavy (non-hydrogen) atoms. The van der Waals surface area contributed by atoms with E-state index in [1.807, 2.05) is 0 Å². The SMILES string of the molecule is CC(=O)CCP(=O)(O)CCC(C)=O. The zero-order valence-electron chi connectivity index (χ0n) is 7.95. The molecule has 0 aromatic rings. The normalized spacial score (nSPS) is 11.3. The fraction of sp³-hybridized carbons (Fsp3) is 0.750. The number of hydrogen-bond acceptors (Lipinski definition) is 3. The maximum absolute atomic E-state index is 11.3. The minimum absolute atomic E-state index is 0.00435. The standard InChI is InChI=1S/C8H15O4P/c1-7(9)3-5-13(11,12)6-4-8(2)10/h3-6H2,1-2H3,(H,11,12). The highest BCUT2D eigenvalue weighted by Crippen LogP contribution is 2.41. The largest absolute Gasteiger partial charge is 0.344 e. The van der Waals surface area contributed by atoms with Crippen molar-refractivity contribution in [1.82, 2.24) is 0 Å². The van der Waals surface area contributed by atoms with Crippen LogP contribution in [0.25, 0.3) is 0 Å². The number of hydrogen-bond donors (Lipinski definition) is 1. The van der Waals surface area contributed by atoms with E-state index >= 15 is 0 Å². The summed E-state index contributed by atoms with van der Waals surface area (Å²) in [6, 6.07) is 0. The van der Waals surface area contributed by atoms with Crippen LogP contribution in [0.5, 0.6) is 0 Å². The maximum Gasteiger partial charge on any atom is 0.201 e. The predicted molar refractivity (Wildman–Crippen MR) is 50.2 cm³/mol. The highest BCUT2D eigenvalue weighted by molar-refractivity contribution is 7.58. The van der Waals surface area contributed by atoms with E-state index in [1.54, 1.807) is 0 Å². The molecule has 0 atom stereocenters. The number of rotatable bonds is 6. The Morgan fingerprint density at radius 3 is 1.62 bits per heavy atom. The first-order valence-electron chi connectivity index (χ1n) is 4.13. The van der Waals surface area contributed by atoms with E-state index < -0.39 is 7.37 Å². The summed E-state index contributed by atoms with van der Waals surface area (Å²) in [5.41, 5.74) is 0. The third-order valence-corrected chi connectivity index (χ3v) is 3.47. The number of carbonyl (C=O) groups excluding carboxylic acids is 2. The third-order valence-electron chi connectivity index (χ3n) is 1.63. The smallest absolute Gasteiger partial charge is 0.201 e. The molecule has 0 saturated carbocycles. The van der Waals surface area contributed by atoms with Crippen LogP contribution in [-0.4, -0.2) is 28.8 Å². The van der Waals surface area contributed by atoms with E-state index in [0.29, 0.717) is 0 Å². The van der Waals surface area contributed by atoms with Gasteiger partial charge in [0, 0.05) is 25.2 Å². The first kappa shape index (κ1) is 12.5. The molecule has 0 aliphatic carbocycles. The van der Waals surface area contributed by atoms with E-state index in [9.17, 15) is 19.0 Å². The maximum atomic E-state index is 11.3. The molecule has 0 spiro atoms. The average molecular weight is 206 g/mol. The van der Waals surface area contributed by atoms with Gasteiger partial charge in [0.1, 0.15) is 11.6 Å². The van der Waals surface area contributed by atoms with Gasteiger partial charge in [-0.05, 0) is 13.8 Å². The van der Waals surface area contributed by atoms with Gasteiger partial charge in [-0.3, -0.25) is 4.57 Å². The molecule has 0 bridgehead atoms. The Morgan fingerprint density at radius 1 is 1.08 bits per heavy atom. The monoisotopic (exact) mass is 206 g/mol. The summed E-state index contributed by atoms with van der Waals surface area (Å²) in [6.07, 6.45) is 0.225. The van der Waals surface area contributed by atoms with Crippen LogP contribution in [0, 0.1) is 0 Å². The second-order valence-corrected chi connectivity index (χ2v) is 5.78. The average Bonchev–Trinajstić information content (AvgIpc) is 1.98. The molecule has 0 amide bonds. The summed E-state index contributed by atoms with van der Waals surface area (Å²) >= 11 is 0. The molecule has 0 rings (SSSR count). The summed E-state index contributed by atoms with van der Waals surface area (Å²) in [6.45, 7) is 2.76. The molecule has 1 N–H and O–H groups in total. The Morgan fingerprint density at radius 2 is 1.38 bits per heavy atom. The highest BCUT2D eigenvalue weighted by Gasteiger charge is 2.18. The van der Waals surface area contributed by atoms with Crippen molar-refractivity contribution < 1.29 is 19.0 Å². The highest BCUT2D eigenvalue weighted by atomic mass is 31.2. The molecule has 76 valence electrons. The summed E-state index contributed by atoms with van der Waals surface area (Å²) in [5, 5.41) is 0. The molecule has 0 aliphatic heterocycles. The molecule has 0 fully saturated rings. The number of carbonyl (C=O) groups is 2. The molecular weight excluding hydrogens is 191 g/mol. The molecule has 4 nitrogen and oxygen atoms in total. The first-order chi connectivity index (χ1) is 5.83. The van der Waals surface area contributed by atoms with Crippen molar-refractivity contribution in [3.05, 3.63) is 0 Å². The van der Waals surface area contributed by atoms with Gasteiger partial charge in [-0.1, -0.05) is 0 Å². The fourth-order valence-corrected chi connectivity index (χ4v) is 2.33. The molecule has 0 aromatic heterocycles. The van der Waals surface area contributed by atoms with Crippen molar-refractivity contribution in [2.24, 2.45) is 0 Å². The fourth-order valence-electron chi connectivity index (χ4n) is 0.776. The Hall–Kier alpha value is -0.470. The third kappa shape index (κ3) is 7.88. The summed E-state index contributed by atoms with van der Waals surface area (Å²) in [7, 11) is -3.24. The predicted octanol–water partition coefficient (Wildman–Crippen LogP) is 1.22. The van der Waals surface area contributed by atoms with Crippen molar-refractivity contribution in [3.63, 3.8) is 0 Å². The topological polar surface area (TPSA) is 71.4 Å². The Balaban J connectivity index is 3.87. The molecule has 0 unspecified atom stereocenters. The van der Waals surface area contributed by atoms with Gasteiger partial charge in [0.15, 0.2) is 0 Å². The lowest BCUT2D eigenvalue weighted by atomic mass is 10.3. The van der Waals surface area contributed by atoms with Gasteiger partial charge in [-0.15, -0.1) is 0 Å². The summed E-state index contributed by atoms with van der Waals surface area (Å²) < 4.78 is 11.3. The van der Waals surface area contributed by atoms with Crippen molar-refractivity contribution in [2.45, 2.75) is 26.7 Å². The van der Waals surface area contributed by atoms with Gasteiger partial charge < -0.3 is 14.5 Å². The minimum atomic E-state index is -3.24. The van der Waals surface area contributed by atoms with Crippen molar-refractivity contribution in [3.8, 4) is 0 Å². The van der Waals surface area contributed by atoms with Gasteiger partial charge in [0.05, 0.1) is 0 Å². The van der Waals surface area contributed by atoms with Crippen LogP contribution in [0.3, 0.4) is 0 Å². The zero-order valence-corrected chi connectivity index (χ0v) is 8.84. The van der Waals surface area contributed by atoms with E-state index in [2.05, 4.69) is 0 Å². The summed E-state index contributed by atoms with van der Waals surface area (Å²) in [4.78, 5) is 30.3. The first-order valence-corrected chi connectivity index (χ1v) is 6.16. The lowest BCUT2D eigenvalue weighted by Crippen LogP contribution is -2.02. The van der Waals surface area contributed by atoms with Gasteiger partial charge in [0.2, 0.25) is 7.37 Å². The molecule has 0 aromatic carbocycles. The van der Waals surface area contributed by atoms with Crippen molar-refractivity contribution in [2.75, 3.05) is 12.3 Å². The molecule has 0 heterocycles. The van der Waals surface area contributed by atoms with Crippen LogP contribution in [0.1, 0.15) is 26.7 Å². The number of ketones is 2. The molecular formula is C8H15O4P. The van der Waals surface area contributed by atoms with E-state index in [1.165, 1.54) is 13.8 Å². The van der Waals surface area contributed by atoms with E-state index in [0.717, 1.165) is 0 Å². The quantitative estimate of drug-likeness (QED) is 0.663. The number of Topliss-reactive ketones (excluding diaryl/α,β-unsaturated/α-hetero) is 2. The second-order valence-electron chi connectivity index (χ2n) is 3.20. The van der Waals surface area contributed by atoms with E-state index in [4.69, 9.17) is 0 Å². The minimum Gasteiger partial charge on any atom is -0.344 e. The van der Waals surface area contributed by atoms with E-state index in [-0.39, 0.29) is 36.7 Å². The molecule has 0 radical (unpaired) electrons. The van der Waals surface area contributed by atoms with Crippen LogP contribution in [0.4, 0.5) is 0 Å². The van der Waals surface area contributed by atoms with Crippen LogP contribution in [0.2, 0.25) is 0 Å². The second kappa shape index (κ2) is 5.30. The van der Waals surface area contributed by atoms with Crippen molar-refractivity contribution in [1.29, 1.82) is 0 Å². The zero-order chi connectivity index (χ0) is 10.5. The van der Waals surface area contributed by atoms with Crippen molar-refractivity contribution >= 4 is 18.9 Å². The lowest BCUT2D eigenvalue weighted by molar-refractivity contribution is -0.117. The lowest BCUT2D eigenvalue weighted by Gasteiger charge is -2.08. The van der Waals surface area contributed by atoms with Gasteiger partial charge in [0.25, 0.3) is 0 Å². The Kier molecular flexibility index (Phi) is 5.11. The Labute approximate surface area is 77.8 Å². The van der Waals surface area contributed by atoms with Crippen LogP contribution in [-0.2, 0) is 14.2 Å². The van der Waals surface area contributed by atoms with Gasteiger partial charge in [-0.2, -0.15) is 0 Å². The van der Waals surface area contributed by atoms with Crippen LogP contribution in [0.15, 0.2) is 0 Å². The molecule has 0 saturated heterocycles. The van der Waals surface area contributed by atoms with Gasteiger partial charge >= 0.3 is 0 Å². The Bertz CT molecular complexity index is 225. The van der Waals surface area contributed by atoms with Gasteiger partial charge in [-0.25, -0.2) is 0 Å². The van der Waals surface area contributed by atoms with Crippen LogP contribution < -0.4 is 0 Å². The molecule has 0 aliphatic rings. The summed E-state index contributed by atoms with van der Waals surface area (Å²) in [5.74, 6) is -0.200.